The van der Waals surface area contributed by atoms with Gasteiger partial charge in [0.2, 0.25) is 0 Å². The number of halogens is 3. The van der Waals surface area contributed by atoms with E-state index in [1.54, 1.807) is 41.0 Å². The Hall–Kier alpha value is -3.61. The van der Waals surface area contributed by atoms with Crippen molar-refractivity contribution in [2.45, 2.75) is 13.1 Å². The number of nitriles is 1. The van der Waals surface area contributed by atoms with Crippen molar-refractivity contribution in [3.8, 4) is 11.9 Å². The highest BCUT2D eigenvalue weighted by molar-refractivity contribution is 5.59. The van der Waals surface area contributed by atoms with E-state index in [9.17, 15) is 13.2 Å². The minimum Gasteiger partial charge on any atom is -0.367 e. The Morgan fingerprint density at radius 2 is 1.70 bits per heavy atom. The Labute approximate surface area is 171 Å². The molecule has 1 aromatic carbocycles. The molecule has 0 saturated carbocycles. The Morgan fingerprint density at radius 3 is 2.33 bits per heavy atom. The zero-order chi connectivity index (χ0) is 21.3. The van der Waals surface area contributed by atoms with E-state index in [-0.39, 0.29) is 11.3 Å². The largest absolute Gasteiger partial charge is 0.418 e. The van der Waals surface area contributed by atoms with Crippen molar-refractivity contribution in [3.05, 3.63) is 59.7 Å². The lowest BCUT2D eigenvalue weighted by molar-refractivity contribution is -0.137. The average molecular weight is 413 g/mol. The van der Waals surface area contributed by atoms with Gasteiger partial charge in [0.15, 0.2) is 5.82 Å². The summed E-state index contributed by atoms with van der Waals surface area (Å²) in [6.07, 6.45) is -1.08. The molecule has 1 saturated heterocycles. The number of hydrogen-bond acceptors (Lipinski definition) is 6. The zero-order valence-electron chi connectivity index (χ0n) is 16.1. The highest BCUT2D eigenvalue weighted by Gasteiger charge is 2.36. The predicted octanol–water partition coefficient (Wildman–Crippen LogP) is 3.19. The fourth-order valence-corrected chi connectivity index (χ4v) is 3.51. The molecule has 154 valence electrons. The van der Waals surface area contributed by atoms with E-state index in [0.29, 0.717) is 43.6 Å². The van der Waals surface area contributed by atoms with Crippen LogP contribution in [0.4, 0.5) is 24.7 Å². The quantitative estimate of drug-likeness (QED) is 0.657. The van der Waals surface area contributed by atoms with Crippen molar-refractivity contribution in [1.29, 1.82) is 5.26 Å². The van der Waals surface area contributed by atoms with E-state index in [1.165, 1.54) is 12.1 Å². The van der Waals surface area contributed by atoms with Crippen molar-refractivity contribution < 1.29 is 13.2 Å². The molecular weight excluding hydrogens is 395 g/mol. The Morgan fingerprint density at radius 1 is 1.00 bits per heavy atom. The van der Waals surface area contributed by atoms with Crippen LogP contribution in [0.5, 0.6) is 0 Å². The van der Waals surface area contributed by atoms with Crippen LogP contribution in [0, 0.1) is 18.3 Å². The standard InChI is InChI=1S/C20H18F3N7/c1-14-26-18(12-19(27-14)30-6-2-5-25-30)29-9-7-28(8-10-29)17-4-3-15(13-24)11-16(17)20(21,22)23/h2-6,11-12H,7-10H2,1H3. The number of alkyl halides is 3. The highest BCUT2D eigenvalue weighted by atomic mass is 19.4. The Balaban J connectivity index is 1.55. The van der Waals surface area contributed by atoms with Crippen LogP contribution in [0.25, 0.3) is 5.82 Å². The summed E-state index contributed by atoms with van der Waals surface area (Å²) in [5.41, 5.74) is -0.696. The van der Waals surface area contributed by atoms with E-state index in [1.807, 2.05) is 11.0 Å². The van der Waals surface area contributed by atoms with E-state index in [0.717, 1.165) is 6.07 Å². The summed E-state index contributed by atoms with van der Waals surface area (Å²) in [6, 6.07) is 9.09. The molecule has 0 atom stereocenters. The summed E-state index contributed by atoms with van der Waals surface area (Å²) in [7, 11) is 0. The predicted molar refractivity (Wildman–Crippen MR) is 104 cm³/mol. The molecule has 10 heteroatoms. The smallest absolute Gasteiger partial charge is 0.367 e. The first-order valence-corrected chi connectivity index (χ1v) is 9.32. The van der Waals surface area contributed by atoms with Crippen LogP contribution in [-0.4, -0.2) is 45.9 Å². The lowest BCUT2D eigenvalue weighted by Crippen LogP contribution is -2.47. The van der Waals surface area contributed by atoms with Gasteiger partial charge in [0.25, 0.3) is 0 Å². The monoisotopic (exact) mass is 413 g/mol. The second-order valence-electron chi connectivity index (χ2n) is 6.90. The fourth-order valence-electron chi connectivity index (χ4n) is 3.51. The number of hydrogen-bond donors (Lipinski definition) is 0. The van der Waals surface area contributed by atoms with E-state index >= 15 is 0 Å². The van der Waals surface area contributed by atoms with Gasteiger partial charge in [-0.15, -0.1) is 0 Å². The zero-order valence-corrected chi connectivity index (χ0v) is 16.1. The number of nitrogens with zero attached hydrogens (tertiary/aromatic N) is 7. The van der Waals surface area contributed by atoms with E-state index in [2.05, 4.69) is 15.1 Å². The van der Waals surface area contributed by atoms with Gasteiger partial charge in [-0.25, -0.2) is 14.6 Å². The number of rotatable bonds is 3. The van der Waals surface area contributed by atoms with Crippen LogP contribution in [0.1, 0.15) is 17.0 Å². The molecule has 4 rings (SSSR count). The number of aryl methyl sites for hydroxylation is 1. The molecule has 0 aliphatic carbocycles. The second kappa shape index (κ2) is 7.67. The molecule has 0 N–H and O–H groups in total. The van der Waals surface area contributed by atoms with Crippen molar-refractivity contribution in [3.63, 3.8) is 0 Å². The van der Waals surface area contributed by atoms with E-state index < -0.39 is 11.7 Å². The maximum Gasteiger partial charge on any atom is 0.418 e. The van der Waals surface area contributed by atoms with Crippen LogP contribution in [-0.2, 0) is 6.18 Å². The van der Waals surface area contributed by atoms with Gasteiger partial charge >= 0.3 is 6.18 Å². The van der Waals surface area contributed by atoms with E-state index in [4.69, 9.17) is 5.26 Å². The van der Waals surface area contributed by atoms with Crippen molar-refractivity contribution in [2.75, 3.05) is 36.0 Å². The molecule has 30 heavy (non-hydrogen) atoms. The molecule has 1 aliphatic rings. The molecule has 3 heterocycles. The van der Waals surface area contributed by atoms with Gasteiger partial charge in [0, 0.05) is 50.3 Å². The molecule has 2 aromatic heterocycles. The summed E-state index contributed by atoms with van der Waals surface area (Å²) in [5.74, 6) is 1.94. The molecule has 7 nitrogen and oxygen atoms in total. The van der Waals surface area contributed by atoms with Crippen LogP contribution in [0.2, 0.25) is 0 Å². The number of aromatic nitrogens is 4. The third kappa shape index (κ3) is 3.91. The number of benzene rings is 1. The molecule has 3 aromatic rings. The number of anilines is 2. The Kier molecular flexibility index (Phi) is 5.03. The van der Waals surface area contributed by atoms with Crippen molar-refractivity contribution >= 4 is 11.5 Å². The third-order valence-electron chi connectivity index (χ3n) is 4.93. The van der Waals surface area contributed by atoms with Crippen LogP contribution < -0.4 is 9.80 Å². The molecule has 0 unspecified atom stereocenters. The lowest BCUT2D eigenvalue weighted by atomic mass is 10.1. The second-order valence-corrected chi connectivity index (χ2v) is 6.90. The molecule has 0 amide bonds. The number of piperazine rings is 1. The van der Waals surface area contributed by atoms with Gasteiger partial charge in [-0.1, -0.05) is 0 Å². The molecule has 0 bridgehead atoms. The SMILES string of the molecule is Cc1nc(N2CCN(c3ccc(C#N)cc3C(F)(F)F)CC2)cc(-n2cccn2)n1. The van der Waals surface area contributed by atoms with Crippen LogP contribution >= 0.6 is 0 Å². The molecule has 1 aliphatic heterocycles. The average Bonchev–Trinajstić information content (AvgIpc) is 3.27. The maximum atomic E-state index is 13.5. The lowest BCUT2D eigenvalue weighted by Gasteiger charge is -2.37. The van der Waals surface area contributed by atoms with Gasteiger partial charge in [0.1, 0.15) is 11.6 Å². The first-order chi connectivity index (χ1) is 14.3. The molecule has 1 fully saturated rings. The van der Waals surface area contributed by atoms with Gasteiger partial charge in [-0.3, -0.25) is 0 Å². The maximum absolute atomic E-state index is 13.5. The fraction of sp³-hybridized carbons (Fsp3) is 0.300. The van der Waals surface area contributed by atoms with Gasteiger partial charge < -0.3 is 9.80 Å². The topological polar surface area (TPSA) is 73.9 Å². The summed E-state index contributed by atoms with van der Waals surface area (Å²) < 4.78 is 42.2. The van der Waals surface area contributed by atoms with Gasteiger partial charge in [-0.05, 0) is 31.2 Å². The summed E-state index contributed by atoms with van der Waals surface area (Å²) in [4.78, 5) is 12.6. The summed E-state index contributed by atoms with van der Waals surface area (Å²) >= 11 is 0. The van der Waals surface area contributed by atoms with Crippen LogP contribution in [0.3, 0.4) is 0 Å². The van der Waals surface area contributed by atoms with Gasteiger partial charge in [0.05, 0.1) is 17.2 Å². The molecule has 0 radical (unpaired) electrons. The van der Waals surface area contributed by atoms with Crippen LogP contribution in [0.15, 0.2) is 42.7 Å². The normalized spacial score (nSPS) is 14.6. The molecular formula is C20H18F3N7. The third-order valence-corrected chi connectivity index (χ3v) is 4.93. The first-order valence-electron chi connectivity index (χ1n) is 9.32. The van der Waals surface area contributed by atoms with Gasteiger partial charge in [-0.2, -0.15) is 23.5 Å². The first kappa shape index (κ1) is 19.7. The minimum atomic E-state index is -4.53. The molecule has 0 spiro atoms. The minimum absolute atomic E-state index is 0.00711. The van der Waals surface area contributed by atoms with Crippen molar-refractivity contribution in [2.24, 2.45) is 0 Å². The summed E-state index contributed by atoms with van der Waals surface area (Å²) in [5, 5.41) is 13.1. The van der Waals surface area contributed by atoms with Crippen molar-refractivity contribution in [1.82, 2.24) is 19.7 Å². The Bertz CT molecular complexity index is 1080. The summed E-state index contributed by atoms with van der Waals surface area (Å²) in [6.45, 7) is 3.60. The highest BCUT2D eigenvalue weighted by Crippen LogP contribution is 2.37.